The van der Waals surface area contributed by atoms with Gasteiger partial charge in [0.2, 0.25) is 11.7 Å². The lowest BCUT2D eigenvalue weighted by Gasteiger charge is -2.38. The smallest absolute Gasteiger partial charge is 0.254 e. The van der Waals surface area contributed by atoms with Crippen LogP contribution in [-0.4, -0.2) is 93.1 Å². The fourth-order valence-corrected chi connectivity index (χ4v) is 6.13. The summed E-state index contributed by atoms with van der Waals surface area (Å²) in [5.41, 5.74) is 2.67. The average Bonchev–Trinajstić information content (AvgIpc) is 3.53. The number of carbonyl (C=O) groups is 2. The number of amides is 2. The molecule has 0 bridgehead atoms. The number of halogens is 2. The maximum Gasteiger partial charge on any atom is 0.254 e. The molecule has 47 heavy (non-hydrogen) atoms. The molecule has 0 spiro atoms. The van der Waals surface area contributed by atoms with Gasteiger partial charge in [0, 0.05) is 61.9 Å². The number of hydrogen-bond acceptors (Lipinski definition) is 9. The first-order valence-electron chi connectivity index (χ1n) is 15.5. The van der Waals surface area contributed by atoms with Crippen LogP contribution in [0.2, 0.25) is 0 Å². The number of aryl methyl sites for hydroxylation is 1. The SMILES string of the molecule is CCc1cc(Nc2nccn3c(-c4ccc(OCC#N)c(F)c4F)cnc23)ccc1C(=O)N1CCN(C(=O)C2CCNCC2O)CC1. The van der Waals surface area contributed by atoms with Crippen LogP contribution >= 0.6 is 0 Å². The Morgan fingerprint density at radius 1 is 1.13 bits per heavy atom. The van der Waals surface area contributed by atoms with E-state index in [1.165, 1.54) is 24.5 Å². The van der Waals surface area contributed by atoms with Gasteiger partial charge < -0.3 is 30.3 Å². The summed E-state index contributed by atoms with van der Waals surface area (Å²) in [6, 6.07) is 9.76. The third-order valence-corrected chi connectivity index (χ3v) is 8.67. The van der Waals surface area contributed by atoms with E-state index in [0.717, 1.165) is 5.56 Å². The molecule has 0 aliphatic carbocycles. The number of aliphatic hydroxyl groups excluding tert-OH is 1. The lowest BCUT2D eigenvalue weighted by atomic mass is 9.93. The van der Waals surface area contributed by atoms with Crippen molar-refractivity contribution >= 4 is 29.0 Å². The van der Waals surface area contributed by atoms with Gasteiger partial charge in [0.05, 0.1) is 23.9 Å². The Hall–Kier alpha value is -5.13. The highest BCUT2D eigenvalue weighted by atomic mass is 19.2. The van der Waals surface area contributed by atoms with Gasteiger partial charge in [-0.3, -0.25) is 14.0 Å². The number of benzene rings is 2. The molecular formula is C33H34F2N8O4. The fraction of sp³-hybridized carbons (Fsp3) is 0.364. The van der Waals surface area contributed by atoms with Crippen LogP contribution in [0.5, 0.6) is 5.75 Å². The van der Waals surface area contributed by atoms with Crippen LogP contribution in [0, 0.1) is 28.9 Å². The van der Waals surface area contributed by atoms with Crippen molar-refractivity contribution in [1.29, 1.82) is 5.26 Å². The Morgan fingerprint density at radius 2 is 1.91 bits per heavy atom. The number of carbonyl (C=O) groups excluding carboxylic acids is 2. The molecule has 2 aliphatic rings. The average molecular weight is 645 g/mol. The van der Waals surface area contributed by atoms with E-state index in [4.69, 9.17) is 10.00 Å². The first-order chi connectivity index (χ1) is 22.8. The van der Waals surface area contributed by atoms with Crippen LogP contribution < -0.4 is 15.4 Å². The number of nitrogens with one attached hydrogen (secondary N) is 2. The highest BCUT2D eigenvalue weighted by molar-refractivity contribution is 5.96. The molecule has 2 aromatic heterocycles. The molecule has 2 fully saturated rings. The van der Waals surface area contributed by atoms with Crippen LogP contribution in [0.15, 0.2) is 48.9 Å². The summed E-state index contributed by atoms with van der Waals surface area (Å²) in [7, 11) is 0. The second-order valence-electron chi connectivity index (χ2n) is 11.4. The Balaban J connectivity index is 1.16. The minimum absolute atomic E-state index is 0.0401. The number of piperidine rings is 1. The maximum atomic E-state index is 15.0. The number of aliphatic hydroxyl groups is 1. The molecule has 4 aromatic rings. The molecule has 2 aliphatic heterocycles. The predicted molar refractivity (Wildman–Crippen MR) is 168 cm³/mol. The number of fused-ring (bicyclic) bond motifs is 1. The van der Waals surface area contributed by atoms with E-state index >= 15 is 4.39 Å². The number of β-amino-alcohol motifs (C(OH)–C–C–N with tert-alkyl or cyclic N) is 1. The Labute approximate surface area is 269 Å². The quantitative estimate of drug-likeness (QED) is 0.263. The van der Waals surface area contributed by atoms with E-state index in [1.54, 1.807) is 38.6 Å². The molecule has 2 aromatic carbocycles. The summed E-state index contributed by atoms with van der Waals surface area (Å²) in [5.74, 6) is -2.89. The lowest BCUT2D eigenvalue weighted by Crippen LogP contribution is -2.55. The van der Waals surface area contributed by atoms with Crippen molar-refractivity contribution < 1.29 is 28.2 Å². The number of piperazine rings is 1. The topological polar surface area (TPSA) is 148 Å². The van der Waals surface area contributed by atoms with E-state index in [1.807, 2.05) is 13.0 Å². The molecule has 12 nitrogen and oxygen atoms in total. The number of hydrogen-bond donors (Lipinski definition) is 3. The number of nitrogens with zero attached hydrogens (tertiary/aromatic N) is 6. The van der Waals surface area contributed by atoms with Crippen molar-refractivity contribution in [2.75, 3.05) is 51.2 Å². The zero-order valence-electron chi connectivity index (χ0n) is 25.7. The molecular weight excluding hydrogens is 610 g/mol. The van der Waals surface area contributed by atoms with Crippen molar-refractivity contribution in [3.05, 3.63) is 71.7 Å². The summed E-state index contributed by atoms with van der Waals surface area (Å²) < 4.78 is 36.2. The summed E-state index contributed by atoms with van der Waals surface area (Å²) >= 11 is 0. The Bertz CT molecular complexity index is 1850. The van der Waals surface area contributed by atoms with Gasteiger partial charge in [-0.2, -0.15) is 9.65 Å². The Kier molecular flexibility index (Phi) is 9.28. The van der Waals surface area contributed by atoms with Crippen molar-refractivity contribution in [2.45, 2.75) is 25.9 Å². The van der Waals surface area contributed by atoms with E-state index < -0.39 is 30.3 Å². The first kappa shape index (κ1) is 31.8. The number of anilines is 2. The van der Waals surface area contributed by atoms with E-state index in [2.05, 4.69) is 20.6 Å². The number of ether oxygens (including phenoxy) is 1. The summed E-state index contributed by atoms with van der Waals surface area (Å²) in [6.45, 7) is 4.30. The van der Waals surface area contributed by atoms with Gasteiger partial charge in [0.1, 0.15) is 6.07 Å². The normalized spacial score (nSPS) is 18.2. The second kappa shape index (κ2) is 13.7. The minimum atomic E-state index is -1.20. The third-order valence-electron chi connectivity index (χ3n) is 8.67. The van der Waals surface area contributed by atoms with Crippen LogP contribution in [0.3, 0.4) is 0 Å². The van der Waals surface area contributed by atoms with Crippen LogP contribution in [0.1, 0.15) is 29.3 Å². The largest absolute Gasteiger partial charge is 0.476 e. The van der Waals surface area contributed by atoms with Gasteiger partial charge >= 0.3 is 0 Å². The number of aromatic nitrogens is 3. The molecule has 14 heteroatoms. The third kappa shape index (κ3) is 6.32. The van der Waals surface area contributed by atoms with Gasteiger partial charge in [0.15, 0.2) is 29.6 Å². The van der Waals surface area contributed by atoms with Gasteiger partial charge in [-0.25, -0.2) is 14.4 Å². The highest BCUT2D eigenvalue weighted by Crippen LogP contribution is 2.32. The lowest BCUT2D eigenvalue weighted by molar-refractivity contribution is -0.141. The van der Waals surface area contributed by atoms with Crippen molar-refractivity contribution in [1.82, 2.24) is 29.5 Å². The van der Waals surface area contributed by atoms with Crippen molar-refractivity contribution in [3.63, 3.8) is 0 Å². The minimum Gasteiger partial charge on any atom is -0.476 e. The molecule has 2 saturated heterocycles. The molecule has 2 unspecified atom stereocenters. The fourth-order valence-electron chi connectivity index (χ4n) is 6.13. The predicted octanol–water partition coefficient (Wildman–Crippen LogP) is 3.14. The molecule has 0 saturated carbocycles. The van der Waals surface area contributed by atoms with E-state index in [9.17, 15) is 19.1 Å². The van der Waals surface area contributed by atoms with Crippen LogP contribution in [0.25, 0.3) is 16.9 Å². The number of imidazole rings is 1. The monoisotopic (exact) mass is 644 g/mol. The Morgan fingerprint density at radius 3 is 2.66 bits per heavy atom. The molecule has 4 heterocycles. The summed E-state index contributed by atoms with van der Waals surface area (Å²) in [4.78, 5) is 38.9. The molecule has 3 N–H and O–H groups in total. The molecule has 2 amide bonds. The molecule has 0 radical (unpaired) electrons. The summed E-state index contributed by atoms with van der Waals surface area (Å²) in [5, 5.41) is 25.3. The van der Waals surface area contributed by atoms with Crippen molar-refractivity contribution in [2.24, 2.45) is 5.92 Å². The van der Waals surface area contributed by atoms with Crippen LogP contribution in [-0.2, 0) is 11.2 Å². The number of nitriles is 1. The maximum absolute atomic E-state index is 15.0. The van der Waals surface area contributed by atoms with Gasteiger partial charge in [0.25, 0.3) is 5.91 Å². The molecule has 6 rings (SSSR count). The summed E-state index contributed by atoms with van der Waals surface area (Å²) in [6.07, 6.45) is 4.99. The van der Waals surface area contributed by atoms with Gasteiger partial charge in [-0.05, 0) is 55.3 Å². The first-order valence-corrected chi connectivity index (χ1v) is 15.5. The van der Waals surface area contributed by atoms with Gasteiger partial charge in [-0.15, -0.1) is 0 Å². The van der Waals surface area contributed by atoms with E-state index in [-0.39, 0.29) is 28.8 Å². The second-order valence-corrected chi connectivity index (χ2v) is 11.4. The van der Waals surface area contributed by atoms with Crippen LogP contribution in [0.4, 0.5) is 20.3 Å². The van der Waals surface area contributed by atoms with Crippen molar-refractivity contribution in [3.8, 4) is 23.1 Å². The van der Waals surface area contributed by atoms with E-state index in [0.29, 0.717) is 74.8 Å². The standard InChI is InChI=1S/C33H34F2N8O4/c1-2-20-17-21(3-4-22(20)32(45)41-12-14-42(15-13-41)33(46)24-7-9-37-19-26(24)44)40-30-31-39-18-25(43(31)11-10-38-30)23-5-6-27(47-16-8-36)29(35)28(23)34/h3-6,10-11,17-18,24,26,37,44H,2,7,9,12-16,19H2,1H3,(H,38,40). The zero-order valence-corrected chi connectivity index (χ0v) is 25.7. The van der Waals surface area contributed by atoms with Gasteiger partial charge in [-0.1, -0.05) is 6.92 Å². The zero-order chi connectivity index (χ0) is 33.1. The number of rotatable bonds is 8. The highest BCUT2D eigenvalue weighted by Gasteiger charge is 2.34. The molecule has 2 atom stereocenters. The molecule has 244 valence electrons.